The Bertz CT molecular complexity index is 562. The van der Waals surface area contributed by atoms with Crippen LogP contribution in [0.1, 0.15) is 30.1 Å². The highest BCUT2D eigenvalue weighted by Gasteiger charge is 2.22. The molecular formula is C16H21ClN2O3. The van der Waals surface area contributed by atoms with Crippen molar-refractivity contribution in [1.29, 1.82) is 0 Å². The van der Waals surface area contributed by atoms with Gasteiger partial charge >= 0.3 is 0 Å². The molecule has 1 saturated heterocycles. The van der Waals surface area contributed by atoms with Crippen molar-refractivity contribution in [3.05, 3.63) is 28.8 Å². The van der Waals surface area contributed by atoms with Crippen molar-refractivity contribution < 1.29 is 14.3 Å². The van der Waals surface area contributed by atoms with Crippen LogP contribution >= 0.6 is 11.6 Å². The predicted molar refractivity (Wildman–Crippen MR) is 85.4 cm³/mol. The molecule has 1 fully saturated rings. The molecule has 0 bridgehead atoms. The number of carbonyl (C=O) groups excluding carboxylic acids is 2. The zero-order valence-electron chi connectivity index (χ0n) is 13.0. The fourth-order valence-electron chi connectivity index (χ4n) is 2.58. The molecule has 2 amide bonds. The molecule has 120 valence electrons. The molecule has 5 nitrogen and oxygen atoms in total. The highest BCUT2D eigenvalue weighted by Crippen LogP contribution is 2.25. The predicted octanol–water partition coefficient (Wildman–Crippen LogP) is 2.43. The van der Waals surface area contributed by atoms with Gasteiger partial charge in [0.1, 0.15) is 5.75 Å². The highest BCUT2D eigenvalue weighted by atomic mass is 35.5. The first-order valence-corrected chi connectivity index (χ1v) is 7.85. The van der Waals surface area contributed by atoms with Crippen LogP contribution in [-0.2, 0) is 4.79 Å². The first-order valence-electron chi connectivity index (χ1n) is 7.47. The van der Waals surface area contributed by atoms with Gasteiger partial charge in [0.15, 0.2) is 0 Å². The summed E-state index contributed by atoms with van der Waals surface area (Å²) in [6.45, 7) is 4.35. The van der Waals surface area contributed by atoms with Crippen LogP contribution < -0.4 is 4.74 Å². The summed E-state index contributed by atoms with van der Waals surface area (Å²) >= 11 is 6.08. The maximum atomic E-state index is 12.6. The van der Waals surface area contributed by atoms with Crippen LogP contribution in [0.4, 0.5) is 0 Å². The van der Waals surface area contributed by atoms with E-state index in [0.29, 0.717) is 48.9 Å². The van der Waals surface area contributed by atoms with E-state index in [0.717, 1.165) is 6.42 Å². The van der Waals surface area contributed by atoms with Crippen molar-refractivity contribution >= 4 is 23.4 Å². The van der Waals surface area contributed by atoms with E-state index in [1.165, 1.54) is 7.11 Å². The van der Waals surface area contributed by atoms with E-state index in [2.05, 4.69) is 0 Å². The summed E-state index contributed by atoms with van der Waals surface area (Å²) in [4.78, 5) is 28.0. The van der Waals surface area contributed by atoms with Gasteiger partial charge in [-0.1, -0.05) is 18.5 Å². The highest BCUT2D eigenvalue weighted by molar-refractivity contribution is 6.32. The van der Waals surface area contributed by atoms with Gasteiger partial charge in [-0.3, -0.25) is 9.59 Å². The minimum atomic E-state index is -0.0599. The van der Waals surface area contributed by atoms with Gasteiger partial charge in [0.25, 0.3) is 5.91 Å². The van der Waals surface area contributed by atoms with Crippen LogP contribution in [0.2, 0.25) is 5.02 Å². The van der Waals surface area contributed by atoms with Crippen LogP contribution in [0.15, 0.2) is 18.2 Å². The first kappa shape index (κ1) is 16.6. The summed E-state index contributed by atoms with van der Waals surface area (Å²) in [5.74, 6) is 0.631. The molecule has 6 heteroatoms. The third kappa shape index (κ3) is 3.71. The summed E-state index contributed by atoms with van der Waals surface area (Å²) in [5.41, 5.74) is 0.543. The van der Waals surface area contributed by atoms with Crippen LogP contribution in [0, 0.1) is 0 Å². The summed E-state index contributed by atoms with van der Waals surface area (Å²) in [6, 6.07) is 5.04. The molecule has 22 heavy (non-hydrogen) atoms. The molecule has 1 heterocycles. The SMILES string of the molecule is CCC(=O)N1CCCN(C(=O)c2ccc(OC)c(Cl)c2)CC1. The molecule has 0 aromatic heterocycles. The van der Waals surface area contributed by atoms with Crippen molar-refractivity contribution in [3.63, 3.8) is 0 Å². The van der Waals surface area contributed by atoms with Gasteiger partial charge in [0, 0.05) is 38.2 Å². The molecule has 2 rings (SSSR count). The number of nitrogens with zero attached hydrogens (tertiary/aromatic N) is 2. The molecule has 0 atom stereocenters. The number of hydrogen-bond acceptors (Lipinski definition) is 3. The summed E-state index contributed by atoms with van der Waals surface area (Å²) in [5, 5.41) is 0.422. The van der Waals surface area contributed by atoms with Crippen molar-refractivity contribution in [1.82, 2.24) is 9.80 Å². The van der Waals surface area contributed by atoms with Crippen molar-refractivity contribution in [2.24, 2.45) is 0 Å². The Kier molecular flexibility index (Phi) is 5.66. The summed E-state index contributed by atoms with van der Waals surface area (Å²) in [7, 11) is 1.54. The van der Waals surface area contributed by atoms with E-state index in [-0.39, 0.29) is 11.8 Å². The third-order valence-electron chi connectivity index (χ3n) is 3.84. The second-order valence-corrected chi connectivity index (χ2v) is 5.64. The Morgan fingerprint density at radius 1 is 1.18 bits per heavy atom. The fraction of sp³-hybridized carbons (Fsp3) is 0.500. The van der Waals surface area contributed by atoms with Gasteiger partial charge in [-0.2, -0.15) is 0 Å². The molecule has 0 saturated carbocycles. The maximum Gasteiger partial charge on any atom is 0.253 e. The quantitative estimate of drug-likeness (QED) is 0.858. The largest absolute Gasteiger partial charge is 0.495 e. The van der Waals surface area contributed by atoms with Crippen molar-refractivity contribution in [2.45, 2.75) is 19.8 Å². The molecule has 0 radical (unpaired) electrons. The second kappa shape index (κ2) is 7.49. The first-order chi connectivity index (χ1) is 10.6. The van der Waals surface area contributed by atoms with Crippen LogP contribution in [-0.4, -0.2) is 54.9 Å². The minimum Gasteiger partial charge on any atom is -0.495 e. The van der Waals surface area contributed by atoms with Gasteiger partial charge in [0.05, 0.1) is 12.1 Å². The number of rotatable bonds is 3. The number of halogens is 1. The number of benzene rings is 1. The fourth-order valence-corrected chi connectivity index (χ4v) is 2.83. The normalized spacial score (nSPS) is 15.4. The molecule has 0 aliphatic carbocycles. The zero-order chi connectivity index (χ0) is 16.1. The van der Waals surface area contributed by atoms with Gasteiger partial charge in [-0.25, -0.2) is 0 Å². The molecule has 1 aliphatic heterocycles. The lowest BCUT2D eigenvalue weighted by atomic mass is 10.2. The van der Waals surface area contributed by atoms with Gasteiger partial charge in [-0.05, 0) is 24.6 Å². The lowest BCUT2D eigenvalue weighted by Crippen LogP contribution is -2.37. The Labute approximate surface area is 135 Å². The average molecular weight is 325 g/mol. The van der Waals surface area contributed by atoms with E-state index in [9.17, 15) is 9.59 Å². The van der Waals surface area contributed by atoms with Gasteiger partial charge < -0.3 is 14.5 Å². The molecular weight excluding hydrogens is 304 g/mol. The topological polar surface area (TPSA) is 49.9 Å². The monoisotopic (exact) mass is 324 g/mol. The Morgan fingerprint density at radius 2 is 1.86 bits per heavy atom. The number of methoxy groups -OCH3 is 1. The Balaban J connectivity index is 2.06. The van der Waals surface area contributed by atoms with Crippen LogP contribution in [0.25, 0.3) is 0 Å². The molecule has 0 unspecified atom stereocenters. The second-order valence-electron chi connectivity index (χ2n) is 5.23. The molecule has 0 N–H and O–H groups in total. The maximum absolute atomic E-state index is 12.6. The van der Waals surface area contributed by atoms with E-state index < -0.39 is 0 Å². The van der Waals surface area contributed by atoms with E-state index in [1.54, 1.807) is 23.1 Å². The average Bonchev–Trinajstić information content (AvgIpc) is 2.79. The van der Waals surface area contributed by atoms with E-state index in [1.807, 2.05) is 11.8 Å². The lowest BCUT2D eigenvalue weighted by Gasteiger charge is -2.22. The number of carbonyl (C=O) groups is 2. The summed E-state index contributed by atoms with van der Waals surface area (Å²) in [6.07, 6.45) is 1.30. The number of hydrogen-bond donors (Lipinski definition) is 0. The van der Waals surface area contributed by atoms with Crippen LogP contribution in [0.3, 0.4) is 0 Å². The standard InChI is InChI=1S/C16H21ClN2O3/c1-3-15(20)18-7-4-8-19(10-9-18)16(21)12-5-6-14(22-2)13(17)11-12/h5-6,11H,3-4,7-10H2,1-2H3. The van der Waals surface area contributed by atoms with Crippen molar-refractivity contribution in [2.75, 3.05) is 33.3 Å². The Hall–Kier alpha value is -1.75. The molecule has 1 aromatic carbocycles. The molecule has 1 aromatic rings. The smallest absolute Gasteiger partial charge is 0.253 e. The van der Waals surface area contributed by atoms with Crippen molar-refractivity contribution in [3.8, 4) is 5.75 Å². The van der Waals surface area contributed by atoms with E-state index >= 15 is 0 Å². The zero-order valence-corrected chi connectivity index (χ0v) is 13.7. The third-order valence-corrected chi connectivity index (χ3v) is 4.13. The van der Waals surface area contributed by atoms with Crippen LogP contribution in [0.5, 0.6) is 5.75 Å². The minimum absolute atomic E-state index is 0.0599. The Morgan fingerprint density at radius 3 is 2.50 bits per heavy atom. The molecule has 0 spiro atoms. The number of ether oxygens (including phenoxy) is 1. The molecule has 1 aliphatic rings. The lowest BCUT2D eigenvalue weighted by molar-refractivity contribution is -0.130. The summed E-state index contributed by atoms with van der Waals surface area (Å²) < 4.78 is 5.10. The van der Waals surface area contributed by atoms with Gasteiger partial charge in [-0.15, -0.1) is 0 Å². The van der Waals surface area contributed by atoms with E-state index in [4.69, 9.17) is 16.3 Å². The van der Waals surface area contributed by atoms with Gasteiger partial charge in [0.2, 0.25) is 5.91 Å². The number of amides is 2.